The van der Waals surface area contributed by atoms with Crippen molar-refractivity contribution in [2.75, 3.05) is 4.90 Å². The number of nitrogens with two attached hydrogens (primary N) is 1. The zero-order chi connectivity index (χ0) is 13.6. The van der Waals surface area contributed by atoms with E-state index in [1.54, 1.807) is 6.07 Å². The van der Waals surface area contributed by atoms with Crippen LogP contribution in [0.5, 0.6) is 0 Å². The predicted octanol–water partition coefficient (Wildman–Crippen LogP) is 0.875. The molecule has 5 nitrogen and oxygen atoms in total. The van der Waals surface area contributed by atoms with Gasteiger partial charge in [-0.25, -0.2) is 4.90 Å². The number of ether oxygens (including phenoxy) is 1. The Morgan fingerprint density at radius 2 is 1.89 bits per heavy atom. The highest BCUT2D eigenvalue weighted by Gasteiger charge is 2.47. The van der Waals surface area contributed by atoms with E-state index in [0.717, 1.165) is 11.1 Å². The van der Waals surface area contributed by atoms with Gasteiger partial charge < -0.3 is 10.5 Å². The van der Waals surface area contributed by atoms with Crippen LogP contribution in [0.1, 0.15) is 24.0 Å². The first-order chi connectivity index (χ1) is 9.13. The van der Waals surface area contributed by atoms with Crippen molar-refractivity contribution in [3.8, 4) is 0 Å². The summed E-state index contributed by atoms with van der Waals surface area (Å²) in [6.45, 7) is 2.23. The number of benzene rings is 1. The summed E-state index contributed by atoms with van der Waals surface area (Å²) in [4.78, 5) is 25.9. The van der Waals surface area contributed by atoms with E-state index in [0.29, 0.717) is 25.1 Å². The van der Waals surface area contributed by atoms with Gasteiger partial charge in [0.15, 0.2) is 0 Å². The van der Waals surface area contributed by atoms with E-state index in [1.807, 2.05) is 19.1 Å². The van der Waals surface area contributed by atoms with Crippen LogP contribution in [0.25, 0.3) is 0 Å². The Balaban J connectivity index is 2.08. The monoisotopic (exact) mass is 260 g/mol. The lowest BCUT2D eigenvalue weighted by molar-refractivity contribution is -0.146. The van der Waals surface area contributed by atoms with Gasteiger partial charge in [0.2, 0.25) is 0 Å². The number of carbonyl (C=O) groups is 2. The Kier molecular flexibility index (Phi) is 2.88. The number of fused-ring (bicyclic) bond motifs is 2. The number of hydrogen-bond acceptors (Lipinski definition) is 4. The molecule has 1 aromatic rings. The van der Waals surface area contributed by atoms with E-state index >= 15 is 0 Å². The number of rotatable bonds is 2. The highest BCUT2D eigenvalue weighted by Crippen LogP contribution is 2.33. The third-order valence-electron chi connectivity index (χ3n) is 3.84. The maximum Gasteiger partial charge on any atom is 0.262 e. The van der Waals surface area contributed by atoms with E-state index in [4.69, 9.17) is 10.5 Å². The molecule has 0 aromatic heterocycles. The molecule has 2 N–H and O–H groups in total. The fourth-order valence-electron chi connectivity index (χ4n) is 2.80. The minimum atomic E-state index is -0.478. The van der Waals surface area contributed by atoms with E-state index in [-0.39, 0.29) is 11.8 Å². The van der Waals surface area contributed by atoms with Gasteiger partial charge in [0, 0.05) is 6.54 Å². The Hall–Kier alpha value is -1.72. The summed E-state index contributed by atoms with van der Waals surface area (Å²) in [7, 11) is 0. The first-order valence-corrected chi connectivity index (χ1v) is 6.45. The van der Waals surface area contributed by atoms with E-state index in [2.05, 4.69) is 0 Å². The first-order valence-electron chi connectivity index (χ1n) is 6.45. The van der Waals surface area contributed by atoms with E-state index in [1.165, 1.54) is 4.90 Å². The molecule has 0 saturated carbocycles. The van der Waals surface area contributed by atoms with Gasteiger partial charge in [-0.2, -0.15) is 0 Å². The van der Waals surface area contributed by atoms with Crippen molar-refractivity contribution in [2.45, 2.75) is 38.5 Å². The minimum absolute atomic E-state index is 0.265. The van der Waals surface area contributed by atoms with Crippen molar-refractivity contribution in [1.29, 1.82) is 0 Å². The van der Waals surface area contributed by atoms with Crippen LogP contribution in [-0.2, 0) is 20.9 Å². The van der Waals surface area contributed by atoms with Gasteiger partial charge in [0.05, 0.1) is 5.69 Å². The van der Waals surface area contributed by atoms with Gasteiger partial charge in [-0.05, 0) is 37.0 Å². The molecule has 2 aliphatic rings. The summed E-state index contributed by atoms with van der Waals surface area (Å²) >= 11 is 0. The fourth-order valence-corrected chi connectivity index (χ4v) is 2.80. The summed E-state index contributed by atoms with van der Waals surface area (Å²) in [5, 5.41) is 0. The number of aryl methyl sites for hydroxylation is 1. The van der Waals surface area contributed by atoms with Gasteiger partial charge in [0.1, 0.15) is 12.2 Å². The molecule has 2 aliphatic heterocycles. The van der Waals surface area contributed by atoms with Gasteiger partial charge in [0.25, 0.3) is 11.8 Å². The summed E-state index contributed by atoms with van der Waals surface area (Å²) in [5.41, 5.74) is 8.19. The van der Waals surface area contributed by atoms with Crippen LogP contribution in [0.3, 0.4) is 0 Å². The highest BCUT2D eigenvalue weighted by atomic mass is 16.5. The number of amides is 2. The van der Waals surface area contributed by atoms with Crippen LogP contribution in [0, 0.1) is 6.92 Å². The van der Waals surface area contributed by atoms with Gasteiger partial charge in [-0.15, -0.1) is 0 Å². The first kappa shape index (κ1) is 12.3. The molecule has 2 heterocycles. The SMILES string of the molecule is Cc1cccc(N2C(=O)C3CCC(O3)C2=O)c1CN. The molecule has 100 valence electrons. The molecule has 0 aliphatic carbocycles. The van der Waals surface area contributed by atoms with Gasteiger partial charge in [-0.1, -0.05) is 12.1 Å². The van der Waals surface area contributed by atoms with Crippen molar-refractivity contribution in [2.24, 2.45) is 5.73 Å². The van der Waals surface area contributed by atoms with Crippen LogP contribution in [0.15, 0.2) is 18.2 Å². The van der Waals surface area contributed by atoms with Crippen molar-refractivity contribution in [3.05, 3.63) is 29.3 Å². The second-order valence-corrected chi connectivity index (χ2v) is 4.98. The second-order valence-electron chi connectivity index (χ2n) is 4.98. The Morgan fingerprint density at radius 3 is 2.47 bits per heavy atom. The maximum atomic E-state index is 12.3. The third kappa shape index (κ3) is 1.77. The van der Waals surface area contributed by atoms with Crippen LogP contribution < -0.4 is 10.6 Å². The van der Waals surface area contributed by atoms with Crippen molar-refractivity contribution in [1.82, 2.24) is 0 Å². The normalized spacial score (nSPS) is 26.1. The number of imide groups is 1. The largest absolute Gasteiger partial charge is 0.355 e. The predicted molar refractivity (Wildman–Crippen MR) is 69.5 cm³/mol. The maximum absolute atomic E-state index is 12.3. The Labute approximate surface area is 111 Å². The number of carbonyl (C=O) groups excluding carboxylic acids is 2. The molecule has 2 unspecified atom stereocenters. The smallest absolute Gasteiger partial charge is 0.262 e. The molecule has 0 spiro atoms. The molecule has 0 radical (unpaired) electrons. The zero-order valence-corrected chi connectivity index (χ0v) is 10.8. The van der Waals surface area contributed by atoms with Crippen molar-refractivity contribution in [3.63, 3.8) is 0 Å². The highest BCUT2D eigenvalue weighted by molar-refractivity contribution is 6.20. The molecule has 2 atom stereocenters. The van der Waals surface area contributed by atoms with Gasteiger partial charge in [-0.3, -0.25) is 9.59 Å². The molecular weight excluding hydrogens is 244 g/mol. The number of nitrogens with zero attached hydrogens (tertiary/aromatic N) is 1. The van der Waals surface area contributed by atoms with Crippen molar-refractivity contribution < 1.29 is 14.3 Å². The molecule has 3 rings (SSSR count). The molecule has 2 saturated heterocycles. The van der Waals surface area contributed by atoms with Crippen LogP contribution in [0.4, 0.5) is 5.69 Å². The lowest BCUT2D eigenvalue weighted by Gasteiger charge is -2.31. The van der Waals surface area contributed by atoms with E-state index in [9.17, 15) is 9.59 Å². The standard InChI is InChI=1S/C14H16N2O3/c1-8-3-2-4-10(9(8)7-15)16-13(17)11-5-6-12(19-11)14(16)18/h2-4,11-12H,5-7,15H2,1H3. The minimum Gasteiger partial charge on any atom is -0.355 e. The zero-order valence-electron chi connectivity index (χ0n) is 10.8. The van der Waals surface area contributed by atoms with Gasteiger partial charge >= 0.3 is 0 Å². The molecule has 2 amide bonds. The summed E-state index contributed by atoms with van der Waals surface area (Å²) in [5.74, 6) is -0.530. The molecule has 1 aromatic carbocycles. The topological polar surface area (TPSA) is 72.6 Å². The number of hydrogen-bond donors (Lipinski definition) is 1. The van der Waals surface area contributed by atoms with Crippen molar-refractivity contribution >= 4 is 17.5 Å². The van der Waals surface area contributed by atoms with Crippen LogP contribution in [0.2, 0.25) is 0 Å². The lowest BCUT2D eigenvalue weighted by atomic mass is 10.0. The average molecular weight is 260 g/mol. The Morgan fingerprint density at radius 1 is 1.26 bits per heavy atom. The summed E-state index contributed by atoms with van der Waals surface area (Å²) in [6.07, 6.45) is 0.285. The number of anilines is 1. The number of morpholine rings is 1. The summed E-state index contributed by atoms with van der Waals surface area (Å²) < 4.78 is 5.41. The molecule has 2 fully saturated rings. The third-order valence-corrected chi connectivity index (χ3v) is 3.84. The van der Waals surface area contributed by atoms with Crippen LogP contribution >= 0.6 is 0 Å². The summed E-state index contributed by atoms with van der Waals surface area (Å²) in [6, 6.07) is 5.53. The second kappa shape index (κ2) is 4.43. The fraction of sp³-hybridized carbons (Fsp3) is 0.429. The molecule has 19 heavy (non-hydrogen) atoms. The molecule has 2 bridgehead atoms. The van der Waals surface area contributed by atoms with Crippen LogP contribution in [-0.4, -0.2) is 24.0 Å². The Bertz CT molecular complexity index is 534. The molecule has 5 heteroatoms. The lowest BCUT2D eigenvalue weighted by Crippen LogP contribution is -2.52. The quantitative estimate of drug-likeness (QED) is 0.801. The van der Waals surface area contributed by atoms with E-state index < -0.39 is 12.2 Å². The average Bonchev–Trinajstić information content (AvgIpc) is 2.84. The molecular formula is C14H16N2O3.